The highest BCUT2D eigenvalue weighted by Crippen LogP contribution is 2.39. The SMILES string of the molecule is COc1cc(NCC2(C(=O)O)CCC(C)CC2)ccn1. The average Bonchev–Trinajstić information content (AvgIpc) is 2.47. The van der Waals surface area contributed by atoms with Gasteiger partial charge in [0.2, 0.25) is 5.88 Å². The Kier molecular flexibility index (Phi) is 4.47. The third kappa shape index (κ3) is 3.21. The molecule has 5 nitrogen and oxygen atoms in total. The first kappa shape index (κ1) is 14.6. The van der Waals surface area contributed by atoms with Crippen LogP contribution in [0.5, 0.6) is 5.88 Å². The number of methoxy groups -OCH3 is 1. The summed E-state index contributed by atoms with van der Waals surface area (Å²) in [6.07, 6.45) is 5.08. The normalized spacial score (nSPS) is 26.0. The van der Waals surface area contributed by atoms with Crippen molar-refractivity contribution in [3.63, 3.8) is 0 Å². The van der Waals surface area contributed by atoms with Crippen molar-refractivity contribution in [1.29, 1.82) is 0 Å². The van der Waals surface area contributed by atoms with E-state index in [9.17, 15) is 9.90 Å². The summed E-state index contributed by atoms with van der Waals surface area (Å²) in [5.74, 6) is 0.457. The first-order valence-corrected chi connectivity index (χ1v) is 7.03. The number of carboxylic acid groups (broad SMARTS) is 1. The topological polar surface area (TPSA) is 71.5 Å². The highest BCUT2D eigenvalue weighted by Gasteiger charge is 2.40. The Morgan fingerprint density at radius 3 is 2.85 bits per heavy atom. The van der Waals surface area contributed by atoms with Crippen molar-refractivity contribution in [2.75, 3.05) is 19.0 Å². The number of carboxylic acids is 1. The van der Waals surface area contributed by atoms with E-state index in [1.807, 2.05) is 6.07 Å². The molecule has 1 saturated carbocycles. The summed E-state index contributed by atoms with van der Waals surface area (Å²) in [5.41, 5.74) is 0.194. The second-order valence-electron chi connectivity index (χ2n) is 5.71. The van der Waals surface area contributed by atoms with Crippen molar-refractivity contribution in [2.24, 2.45) is 11.3 Å². The fraction of sp³-hybridized carbons (Fsp3) is 0.600. The van der Waals surface area contributed by atoms with Gasteiger partial charge in [-0.05, 0) is 37.7 Å². The molecule has 2 N–H and O–H groups in total. The van der Waals surface area contributed by atoms with E-state index in [0.717, 1.165) is 31.4 Å². The van der Waals surface area contributed by atoms with Gasteiger partial charge in [-0.15, -0.1) is 0 Å². The van der Waals surface area contributed by atoms with E-state index in [-0.39, 0.29) is 0 Å². The standard InChI is InChI=1S/C15H22N2O3/c1-11-3-6-15(7-4-11,14(18)19)10-17-12-5-8-16-13(9-12)20-2/h5,8-9,11H,3-4,6-7,10H2,1-2H3,(H,16,17)(H,18,19). The Hall–Kier alpha value is -1.78. The van der Waals surface area contributed by atoms with Gasteiger partial charge in [-0.1, -0.05) is 6.92 Å². The minimum Gasteiger partial charge on any atom is -0.481 e. The Morgan fingerprint density at radius 1 is 1.55 bits per heavy atom. The maximum atomic E-state index is 11.7. The summed E-state index contributed by atoms with van der Waals surface area (Å²) in [6.45, 7) is 2.63. The van der Waals surface area contributed by atoms with Gasteiger partial charge in [0.1, 0.15) is 0 Å². The lowest BCUT2D eigenvalue weighted by Gasteiger charge is -2.36. The van der Waals surface area contributed by atoms with Crippen LogP contribution in [-0.2, 0) is 4.79 Å². The lowest BCUT2D eigenvalue weighted by Crippen LogP contribution is -2.41. The number of hydrogen-bond acceptors (Lipinski definition) is 4. The van der Waals surface area contributed by atoms with Gasteiger partial charge in [-0.2, -0.15) is 0 Å². The molecule has 20 heavy (non-hydrogen) atoms. The number of nitrogens with zero attached hydrogens (tertiary/aromatic N) is 1. The Labute approximate surface area is 119 Å². The predicted octanol–water partition coefficient (Wildman–Crippen LogP) is 2.78. The van der Waals surface area contributed by atoms with Crippen molar-refractivity contribution < 1.29 is 14.6 Å². The number of aliphatic carboxylic acids is 1. The van der Waals surface area contributed by atoms with Crippen LogP contribution in [0.15, 0.2) is 18.3 Å². The molecule has 0 bridgehead atoms. The van der Waals surface area contributed by atoms with E-state index in [1.54, 1.807) is 19.4 Å². The van der Waals surface area contributed by atoms with E-state index < -0.39 is 11.4 Å². The Morgan fingerprint density at radius 2 is 2.25 bits per heavy atom. The molecule has 0 amide bonds. The molecule has 1 heterocycles. The van der Waals surface area contributed by atoms with Crippen LogP contribution < -0.4 is 10.1 Å². The number of aromatic nitrogens is 1. The number of nitrogens with one attached hydrogen (secondary N) is 1. The molecule has 0 aromatic carbocycles. The van der Waals surface area contributed by atoms with Gasteiger partial charge in [-0.25, -0.2) is 4.98 Å². The van der Waals surface area contributed by atoms with E-state index in [1.165, 1.54) is 0 Å². The van der Waals surface area contributed by atoms with Crippen LogP contribution in [0.2, 0.25) is 0 Å². The lowest BCUT2D eigenvalue weighted by atomic mass is 9.71. The van der Waals surface area contributed by atoms with Crippen LogP contribution in [0, 0.1) is 11.3 Å². The van der Waals surface area contributed by atoms with Crippen molar-refractivity contribution in [3.05, 3.63) is 18.3 Å². The van der Waals surface area contributed by atoms with Gasteiger partial charge in [0.25, 0.3) is 0 Å². The third-order valence-corrected chi connectivity index (χ3v) is 4.26. The molecule has 1 aromatic rings. The van der Waals surface area contributed by atoms with Gasteiger partial charge in [0.15, 0.2) is 0 Å². The fourth-order valence-corrected chi connectivity index (χ4v) is 2.68. The number of anilines is 1. The molecule has 1 aliphatic rings. The van der Waals surface area contributed by atoms with E-state index in [4.69, 9.17) is 4.74 Å². The van der Waals surface area contributed by atoms with Crippen LogP contribution >= 0.6 is 0 Å². The molecule has 5 heteroatoms. The predicted molar refractivity (Wildman–Crippen MR) is 77.0 cm³/mol. The summed E-state index contributed by atoms with van der Waals surface area (Å²) < 4.78 is 5.07. The van der Waals surface area contributed by atoms with Crippen molar-refractivity contribution >= 4 is 11.7 Å². The first-order chi connectivity index (χ1) is 9.55. The number of rotatable bonds is 5. The van der Waals surface area contributed by atoms with Gasteiger partial charge >= 0.3 is 5.97 Å². The second kappa shape index (κ2) is 6.11. The summed E-state index contributed by atoms with van der Waals surface area (Å²) in [7, 11) is 1.56. The molecule has 0 atom stereocenters. The van der Waals surface area contributed by atoms with Gasteiger partial charge in [0, 0.05) is 24.5 Å². The number of hydrogen-bond donors (Lipinski definition) is 2. The number of pyridine rings is 1. The Bertz CT molecular complexity index is 468. The van der Waals surface area contributed by atoms with Crippen molar-refractivity contribution in [3.8, 4) is 5.88 Å². The maximum Gasteiger partial charge on any atom is 0.311 e. The fourth-order valence-electron chi connectivity index (χ4n) is 2.68. The zero-order chi connectivity index (χ0) is 14.6. The zero-order valence-corrected chi connectivity index (χ0v) is 12.1. The summed E-state index contributed by atoms with van der Waals surface area (Å²) in [6, 6.07) is 3.60. The lowest BCUT2D eigenvalue weighted by molar-refractivity contribution is -0.150. The van der Waals surface area contributed by atoms with E-state index in [2.05, 4.69) is 17.2 Å². The van der Waals surface area contributed by atoms with Crippen LogP contribution in [0.3, 0.4) is 0 Å². The van der Waals surface area contributed by atoms with Crippen molar-refractivity contribution in [1.82, 2.24) is 4.98 Å². The third-order valence-electron chi connectivity index (χ3n) is 4.26. The summed E-state index contributed by atoms with van der Waals surface area (Å²) >= 11 is 0. The van der Waals surface area contributed by atoms with Gasteiger partial charge in [-0.3, -0.25) is 4.79 Å². The molecule has 1 aromatic heterocycles. The van der Waals surface area contributed by atoms with E-state index >= 15 is 0 Å². The summed E-state index contributed by atoms with van der Waals surface area (Å²) in [5, 5.41) is 12.8. The molecule has 1 aliphatic carbocycles. The highest BCUT2D eigenvalue weighted by molar-refractivity contribution is 5.75. The highest BCUT2D eigenvalue weighted by atomic mass is 16.5. The van der Waals surface area contributed by atoms with Crippen LogP contribution in [0.1, 0.15) is 32.6 Å². The molecule has 0 aliphatic heterocycles. The monoisotopic (exact) mass is 278 g/mol. The summed E-state index contributed by atoms with van der Waals surface area (Å²) in [4.78, 5) is 15.7. The number of ether oxygens (including phenoxy) is 1. The van der Waals surface area contributed by atoms with Gasteiger partial charge in [0.05, 0.1) is 12.5 Å². The molecule has 2 rings (SSSR count). The minimum atomic E-state index is -0.696. The zero-order valence-electron chi connectivity index (χ0n) is 12.1. The Balaban J connectivity index is 2.04. The molecule has 1 fully saturated rings. The largest absolute Gasteiger partial charge is 0.481 e. The van der Waals surface area contributed by atoms with E-state index in [0.29, 0.717) is 18.3 Å². The molecule has 0 saturated heterocycles. The molecular weight excluding hydrogens is 256 g/mol. The first-order valence-electron chi connectivity index (χ1n) is 7.03. The van der Waals surface area contributed by atoms with Gasteiger partial charge < -0.3 is 15.2 Å². The van der Waals surface area contributed by atoms with Crippen molar-refractivity contribution in [2.45, 2.75) is 32.6 Å². The average molecular weight is 278 g/mol. The minimum absolute atomic E-state index is 0.447. The molecule has 0 unspecified atom stereocenters. The van der Waals surface area contributed by atoms with Crippen LogP contribution in [0.4, 0.5) is 5.69 Å². The molecule has 0 radical (unpaired) electrons. The van der Waals surface area contributed by atoms with Crippen LogP contribution in [0.25, 0.3) is 0 Å². The molecule has 110 valence electrons. The molecular formula is C15H22N2O3. The maximum absolute atomic E-state index is 11.7. The quantitative estimate of drug-likeness (QED) is 0.866. The number of carbonyl (C=O) groups is 1. The smallest absolute Gasteiger partial charge is 0.311 e. The molecule has 0 spiro atoms. The van der Waals surface area contributed by atoms with Crippen LogP contribution in [-0.4, -0.2) is 29.7 Å². The second-order valence-corrected chi connectivity index (χ2v) is 5.71.